The second-order valence-corrected chi connectivity index (χ2v) is 5.94. The van der Waals surface area contributed by atoms with Crippen LogP contribution in [0, 0.1) is 0 Å². The molecular weight excluding hydrogens is 262 g/mol. The fourth-order valence-corrected chi connectivity index (χ4v) is 3.26. The first kappa shape index (κ1) is 13.4. The van der Waals surface area contributed by atoms with Crippen molar-refractivity contribution in [1.82, 2.24) is 5.32 Å². The maximum Gasteiger partial charge on any atom is 0.106 e. The Morgan fingerprint density at radius 2 is 2.42 bits per heavy atom. The van der Waals surface area contributed by atoms with E-state index in [0.717, 1.165) is 37.4 Å². The van der Waals surface area contributed by atoms with E-state index in [-0.39, 0.29) is 5.60 Å². The maximum absolute atomic E-state index is 6.04. The molecule has 1 heterocycles. The Hall–Kier alpha value is -0.610. The Bertz CT molecular complexity index is 457. The summed E-state index contributed by atoms with van der Waals surface area (Å²) in [5.41, 5.74) is 2.61. The summed E-state index contributed by atoms with van der Waals surface area (Å²) in [6, 6.07) is 6.63. The zero-order chi connectivity index (χ0) is 13.3. The third-order valence-electron chi connectivity index (χ3n) is 4.35. The summed E-state index contributed by atoms with van der Waals surface area (Å²) in [5, 5.41) is 4.47. The van der Waals surface area contributed by atoms with Crippen molar-refractivity contribution in [3.8, 4) is 0 Å². The summed E-state index contributed by atoms with van der Waals surface area (Å²) in [7, 11) is 1.78. The van der Waals surface area contributed by atoms with Gasteiger partial charge in [0.25, 0.3) is 0 Å². The summed E-state index contributed by atoms with van der Waals surface area (Å²) in [4.78, 5) is 0. The van der Waals surface area contributed by atoms with E-state index in [1.165, 1.54) is 11.1 Å². The maximum atomic E-state index is 6.04. The van der Waals surface area contributed by atoms with Gasteiger partial charge in [-0.05, 0) is 36.1 Å². The quantitative estimate of drug-likeness (QED) is 0.920. The largest absolute Gasteiger partial charge is 0.378 e. The van der Waals surface area contributed by atoms with Gasteiger partial charge in [0.15, 0.2) is 0 Å². The van der Waals surface area contributed by atoms with Gasteiger partial charge in [-0.15, -0.1) is 0 Å². The summed E-state index contributed by atoms with van der Waals surface area (Å²) >= 11 is 6.04. The van der Waals surface area contributed by atoms with Crippen LogP contribution >= 0.6 is 11.6 Å². The molecule has 1 aromatic rings. The average molecular weight is 282 g/mol. The standard InChI is InChI=1S/C15H20ClNO2/c1-18-15(6-7-19-10-15)9-17-14-5-2-11-8-12(16)3-4-13(11)14/h3-4,8,14,17H,2,5-7,9-10H2,1H3. The zero-order valence-electron chi connectivity index (χ0n) is 11.2. The molecule has 19 heavy (non-hydrogen) atoms. The van der Waals surface area contributed by atoms with Crippen LogP contribution in [-0.4, -0.2) is 32.5 Å². The minimum atomic E-state index is -0.144. The number of hydrogen-bond acceptors (Lipinski definition) is 3. The van der Waals surface area contributed by atoms with Crippen LogP contribution in [0.25, 0.3) is 0 Å². The molecule has 0 aromatic heterocycles. The minimum absolute atomic E-state index is 0.144. The summed E-state index contributed by atoms with van der Waals surface area (Å²) in [6.07, 6.45) is 3.21. The number of hydrogen-bond donors (Lipinski definition) is 1. The van der Waals surface area contributed by atoms with Crippen LogP contribution in [0.4, 0.5) is 0 Å². The first-order valence-electron chi connectivity index (χ1n) is 6.87. The highest BCUT2D eigenvalue weighted by molar-refractivity contribution is 6.30. The van der Waals surface area contributed by atoms with E-state index >= 15 is 0 Å². The lowest BCUT2D eigenvalue weighted by Gasteiger charge is -2.28. The number of fused-ring (bicyclic) bond motifs is 1. The SMILES string of the molecule is COC1(CNC2CCc3cc(Cl)ccc32)CCOC1. The molecule has 1 aromatic carbocycles. The minimum Gasteiger partial charge on any atom is -0.378 e. The number of benzene rings is 1. The first-order chi connectivity index (χ1) is 9.22. The van der Waals surface area contributed by atoms with E-state index in [9.17, 15) is 0 Å². The van der Waals surface area contributed by atoms with Gasteiger partial charge in [-0.2, -0.15) is 0 Å². The van der Waals surface area contributed by atoms with Gasteiger partial charge in [-0.3, -0.25) is 0 Å². The predicted molar refractivity (Wildman–Crippen MR) is 75.7 cm³/mol. The number of aryl methyl sites for hydroxylation is 1. The van der Waals surface area contributed by atoms with Gasteiger partial charge in [0, 0.05) is 37.7 Å². The van der Waals surface area contributed by atoms with Crippen molar-refractivity contribution in [2.75, 3.05) is 26.9 Å². The van der Waals surface area contributed by atoms with E-state index in [2.05, 4.69) is 17.4 Å². The van der Waals surface area contributed by atoms with Gasteiger partial charge in [0.2, 0.25) is 0 Å². The Balaban J connectivity index is 1.66. The molecule has 2 atom stereocenters. The van der Waals surface area contributed by atoms with Crippen LogP contribution in [-0.2, 0) is 15.9 Å². The highest BCUT2D eigenvalue weighted by atomic mass is 35.5. The second kappa shape index (κ2) is 5.41. The van der Waals surface area contributed by atoms with Gasteiger partial charge in [-0.1, -0.05) is 17.7 Å². The lowest BCUT2D eigenvalue weighted by atomic mass is 10.0. The molecule has 0 amide bonds. The molecule has 1 aliphatic heterocycles. The van der Waals surface area contributed by atoms with Crippen LogP contribution in [0.5, 0.6) is 0 Å². The number of halogens is 1. The third kappa shape index (κ3) is 2.65. The monoisotopic (exact) mass is 281 g/mol. The predicted octanol–water partition coefficient (Wildman–Crippen LogP) is 2.72. The molecule has 1 aliphatic carbocycles. The number of nitrogens with one attached hydrogen (secondary N) is 1. The average Bonchev–Trinajstić information content (AvgIpc) is 3.03. The van der Waals surface area contributed by atoms with Gasteiger partial charge < -0.3 is 14.8 Å². The van der Waals surface area contributed by atoms with Crippen molar-refractivity contribution in [3.63, 3.8) is 0 Å². The normalized spacial score (nSPS) is 29.7. The number of ether oxygens (including phenoxy) is 2. The Kier molecular flexibility index (Phi) is 3.81. The molecular formula is C15H20ClNO2. The fraction of sp³-hybridized carbons (Fsp3) is 0.600. The molecule has 2 unspecified atom stereocenters. The molecule has 1 saturated heterocycles. The van der Waals surface area contributed by atoms with E-state index in [1.54, 1.807) is 7.11 Å². The second-order valence-electron chi connectivity index (χ2n) is 5.51. The van der Waals surface area contributed by atoms with Crippen molar-refractivity contribution in [1.29, 1.82) is 0 Å². The third-order valence-corrected chi connectivity index (χ3v) is 4.59. The van der Waals surface area contributed by atoms with Gasteiger partial charge >= 0.3 is 0 Å². The van der Waals surface area contributed by atoms with Gasteiger partial charge in [0.1, 0.15) is 5.60 Å². The highest BCUT2D eigenvalue weighted by Crippen LogP contribution is 2.33. The van der Waals surface area contributed by atoms with Crippen LogP contribution in [0.15, 0.2) is 18.2 Å². The molecule has 3 nitrogen and oxygen atoms in total. The van der Waals surface area contributed by atoms with E-state index in [0.29, 0.717) is 12.6 Å². The highest BCUT2D eigenvalue weighted by Gasteiger charge is 2.36. The van der Waals surface area contributed by atoms with Crippen LogP contribution in [0.1, 0.15) is 30.0 Å². The zero-order valence-corrected chi connectivity index (χ0v) is 12.0. The van der Waals surface area contributed by atoms with Crippen molar-refractivity contribution < 1.29 is 9.47 Å². The molecule has 2 aliphatic rings. The Morgan fingerprint density at radius 1 is 1.53 bits per heavy atom. The lowest BCUT2D eigenvalue weighted by molar-refractivity contribution is -0.0175. The number of methoxy groups -OCH3 is 1. The molecule has 1 fully saturated rings. The molecule has 0 saturated carbocycles. The molecule has 3 rings (SSSR count). The van der Waals surface area contributed by atoms with Gasteiger partial charge in [0.05, 0.1) is 6.61 Å². The Labute approximate surface area is 119 Å². The summed E-state index contributed by atoms with van der Waals surface area (Å²) in [6.45, 7) is 2.33. The van der Waals surface area contributed by atoms with Crippen molar-refractivity contribution in [2.24, 2.45) is 0 Å². The van der Waals surface area contributed by atoms with Crippen LogP contribution in [0.3, 0.4) is 0 Å². The molecule has 0 bridgehead atoms. The van der Waals surface area contributed by atoms with Gasteiger partial charge in [-0.25, -0.2) is 0 Å². The molecule has 4 heteroatoms. The first-order valence-corrected chi connectivity index (χ1v) is 7.25. The summed E-state index contributed by atoms with van der Waals surface area (Å²) in [5.74, 6) is 0. The van der Waals surface area contributed by atoms with Crippen LogP contribution < -0.4 is 5.32 Å². The van der Waals surface area contributed by atoms with Crippen molar-refractivity contribution in [2.45, 2.75) is 30.9 Å². The molecule has 104 valence electrons. The topological polar surface area (TPSA) is 30.5 Å². The molecule has 0 radical (unpaired) electrons. The van der Waals surface area contributed by atoms with Crippen molar-refractivity contribution in [3.05, 3.63) is 34.3 Å². The molecule has 1 N–H and O–H groups in total. The fourth-order valence-electron chi connectivity index (χ4n) is 3.07. The van der Waals surface area contributed by atoms with Crippen LogP contribution in [0.2, 0.25) is 5.02 Å². The molecule has 0 spiro atoms. The van der Waals surface area contributed by atoms with E-state index in [4.69, 9.17) is 21.1 Å². The number of rotatable bonds is 4. The Morgan fingerprint density at radius 3 is 3.16 bits per heavy atom. The lowest BCUT2D eigenvalue weighted by Crippen LogP contribution is -2.43. The smallest absolute Gasteiger partial charge is 0.106 e. The van der Waals surface area contributed by atoms with Crippen molar-refractivity contribution >= 4 is 11.6 Å². The van der Waals surface area contributed by atoms with E-state index in [1.807, 2.05) is 6.07 Å². The van der Waals surface area contributed by atoms with E-state index < -0.39 is 0 Å². The summed E-state index contributed by atoms with van der Waals surface area (Å²) < 4.78 is 11.1.